The molecule has 2 aromatic rings. The Kier molecular flexibility index (Phi) is 11.0. The molecule has 6 nitrogen and oxygen atoms in total. The molecule has 2 aromatic carbocycles. The first kappa shape index (κ1) is 28.7. The largest absolute Gasteiger partial charge is 0.444 e. The van der Waals surface area contributed by atoms with Crippen LogP contribution in [0, 0.1) is 11.8 Å². The molecule has 6 heteroatoms. The highest BCUT2D eigenvalue weighted by Crippen LogP contribution is 2.24. The fourth-order valence-corrected chi connectivity index (χ4v) is 5.03. The van der Waals surface area contributed by atoms with Crippen molar-refractivity contribution in [3.8, 4) is 0 Å². The number of alkyl carbamates (subject to hydrolysis) is 1. The lowest BCUT2D eigenvalue weighted by Gasteiger charge is -2.29. The van der Waals surface area contributed by atoms with Gasteiger partial charge >= 0.3 is 6.09 Å². The average Bonchev–Trinajstić information content (AvgIpc) is 2.87. The Morgan fingerprint density at radius 2 is 1.49 bits per heavy atom. The first-order valence-corrected chi connectivity index (χ1v) is 13.7. The summed E-state index contributed by atoms with van der Waals surface area (Å²) in [7, 11) is 0. The maximum absolute atomic E-state index is 13.4. The van der Waals surface area contributed by atoms with E-state index in [9.17, 15) is 14.7 Å². The molecule has 0 aromatic heterocycles. The number of carbonyl (C=O) groups is 2. The van der Waals surface area contributed by atoms with Gasteiger partial charge in [-0.05, 0) is 69.9 Å². The molecule has 37 heavy (non-hydrogen) atoms. The number of amides is 2. The van der Waals surface area contributed by atoms with Crippen LogP contribution in [0.2, 0.25) is 0 Å². The molecule has 202 valence electrons. The topological polar surface area (TPSA) is 87.7 Å². The minimum atomic E-state index is -0.929. The summed E-state index contributed by atoms with van der Waals surface area (Å²) in [5.74, 6) is 0.0727. The van der Waals surface area contributed by atoms with E-state index in [0.29, 0.717) is 25.3 Å². The minimum Gasteiger partial charge on any atom is -0.444 e. The van der Waals surface area contributed by atoms with E-state index in [1.54, 1.807) is 0 Å². The molecule has 1 aliphatic rings. The fraction of sp³-hybridized carbons (Fsp3) is 0.548. The van der Waals surface area contributed by atoms with E-state index in [1.165, 1.54) is 19.3 Å². The molecule has 3 rings (SSSR count). The Labute approximate surface area is 222 Å². The molecule has 0 unspecified atom stereocenters. The number of aliphatic hydroxyl groups is 1. The molecular formula is C31H44N2O4. The normalized spacial score (nSPS) is 16.9. The number of benzene rings is 2. The number of hydrogen-bond donors (Lipinski definition) is 3. The van der Waals surface area contributed by atoms with Crippen molar-refractivity contribution in [3.63, 3.8) is 0 Å². The summed E-state index contributed by atoms with van der Waals surface area (Å²) in [5.41, 5.74) is 1.39. The van der Waals surface area contributed by atoms with Crippen LogP contribution in [0.4, 0.5) is 4.79 Å². The molecular weight excluding hydrogens is 464 g/mol. The van der Waals surface area contributed by atoms with Gasteiger partial charge in [0.05, 0.1) is 12.1 Å². The van der Waals surface area contributed by atoms with E-state index >= 15 is 0 Å². The molecule has 3 N–H and O–H groups in total. The summed E-state index contributed by atoms with van der Waals surface area (Å²) in [5, 5.41) is 17.4. The standard InChI is InChI=1S/C31H44N2O4/c1-31(2,3)37-30(36)33-27(20-24-15-9-5-10-16-24)28(34)21-26(19-23-13-7-4-8-14-23)29(35)32-22-25-17-11-6-12-18-25/h4-5,7-10,13-16,25-28,34H,6,11-12,17-22H2,1-3H3,(H,32,35)(H,33,36)/t26-,27+,28+/m1/s1. The van der Waals surface area contributed by atoms with E-state index in [0.717, 1.165) is 24.0 Å². The van der Waals surface area contributed by atoms with Crippen molar-refractivity contribution in [1.82, 2.24) is 10.6 Å². The van der Waals surface area contributed by atoms with Crippen LogP contribution in [-0.4, -0.2) is 41.4 Å². The van der Waals surface area contributed by atoms with Gasteiger partial charge in [0.15, 0.2) is 0 Å². The van der Waals surface area contributed by atoms with Crippen LogP contribution in [0.3, 0.4) is 0 Å². The van der Waals surface area contributed by atoms with Crippen LogP contribution in [0.15, 0.2) is 60.7 Å². The quantitative estimate of drug-likeness (QED) is 0.378. The number of hydrogen-bond acceptors (Lipinski definition) is 4. The van der Waals surface area contributed by atoms with E-state index in [1.807, 2.05) is 81.4 Å². The van der Waals surface area contributed by atoms with E-state index in [2.05, 4.69) is 10.6 Å². The van der Waals surface area contributed by atoms with Crippen molar-refractivity contribution in [2.75, 3.05) is 6.54 Å². The molecule has 0 saturated heterocycles. The Hall–Kier alpha value is -2.86. The first-order chi connectivity index (χ1) is 17.7. The third-order valence-corrected chi connectivity index (χ3v) is 6.98. The van der Waals surface area contributed by atoms with Gasteiger partial charge < -0.3 is 20.5 Å². The summed E-state index contributed by atoms with van der Waals surface area (Å²) in [6.07, 6.45) is 5.74. The van der Waals surface area contributed by atoms with E-state index < -0.39 is 29.8 Å². The highest BCUT2D eigenvalue weighted by molar-refractivity contribution is 5.79. The van der Waals surface area contributed by atoms with Gasteiger partial charge in [-0.15, -0.1) is 0 Å². The van der Waals surface area contributed by atoms with Crippen molar-refractivity contribution in [2.45, 2.75) is 89.9 Å². The SMILES string of the molecule is CC(C)(C)OC(=O)N[C@@H](Cc1ccccc1)[C@@H](O)C[C@@H](Cc1ccccc1)C(=O)NCC1CCCCC1. The Morgan fingerprint density at radius 3 is 2.05 bits per heavy atom. The summed E-state index contributed by atoms with van der Waals surface area (Å²) < 4.78 is 5.47. The average molecular weight is 509 g/mol. The minimum absolute atomic E-state index is 0.0378. The zero-order valence-electron chi connectivity index (χ0n) is 22.6. The second-order valence-corrected chi connectivity index (χ2v) is 11.4. The Balaban J connectivity index is 1.73. The summed E-state index contributed by atoms with van der Waals surface area (Å²) in [6, 6.07) is 19.0. The summed E-state index contributed by atoms with van der Waals surface area (Å²) in [6.45, 7) is 6.11. The monoisotopic (exact) mass is 508 g/mol. The van der Waals surface area contributed by atoms with Crippen LogP contribution in [-0.2, 0) is 22.4 Å². The van der Waals surface area contributed by atoms with Crippen LogP contribution < -0.4 is 10.6 Å². The van der Waals surface area contributed by atoms with Gasteiger partial charge in [-0.25, -0.2) is 4.79 Å². The molecule has 0 radical (unpaired) electrons. The molecule has 1 saturated carbocycles. The predicted molar refractivity (Wildman–Crippen MR) is 147 cm³/mol. The molecule has 3 atom stereocenters. The van der Waals surface area contributed by atoms with Gasteiger partial charge in [-0.2, -0.15) is 0 Å². The van der Waals surface area contributed by atoms with Crippen molar-refractivity contribution in [1.29, 1.82) is 0 Å². The zero-order chi connectivity index (χ0) is 26.7. The van der Waals surface area contributed by atoms with E-state index in [-0.39, 0.29) is 12.3 Å². The van der Waals surface area contributed by atoms with Gasteiger partial charge in [-0.3, -0.25) is 4.79 Å². The van der Waals surface area contributed by atoms with Gasteiger partial charge in [0.25, 0.3) is 0 Å². The van der Waals surface area contributed by atoms with Gasteiger partial charge in [0.2, 0.25) is 5.91 Å². The number of aliphatic hydroxyl groups excluding tert-OH is 1. The van der Waals surface area contributed by atoms with Gasteiger partial charge in [-0.1, -0.05) is 79.9 Å². The van der Waals surface area contributed by atoms with Crippen LogP contribution in [0.5, 0.6) is 0 Å². The molecule has 0 bridgehead atoms. The number of ether oxygens (including phenoxy) is 1. The van der Waals surface area contributed by atoms with Gasteiger partial charge in [0.1, 0.15) is 5.60 Å². The van der Waals surface area contributed by atoms with E-state index in [4.69, 9.17) is 4.74 Å². The van der Waals surface area contributed by atoms with Crippen LogP contribution in [0.1, 0.15) is 70.4 Å². The number of nitrogens with one attached hydrogen (secondary N) is 2. The molecule has 0 aliphatic heterocycles. The van der Waals surface area contributed by atoms with Crippen molar-refractivity contribution < 1.29 is 19.4 Å². The number of carbonyl (C=O) groups excluding carboxylic acids is 2. The number of rotatable bonds is 11. The fourth-order valence-electron chi connectivity index (χ4n) is 5.03. The highest BCUT2D eigenvalue weighted by Gasteiger charge is 2.30. The Morgan fingerprint density at radius 1 is 0.919 bits per heavy atom. The highest BCUT2D eigenvalue weighted by atomic mass is 16.6. The second kappa shape index (κ2) is 14.2. The smallest absolute Gasteiger partial charge is 0.407 e. The molecule has 0 heterocycles. The maximum atomic E-state index is 13.4. The summed E-state index contributed by atoms with van der Waals surface area (Å²) in [4.78, 5) is 26.0. The van der Waals surface area contributed by atoms with Crippen molar-refractivity contribution in [2.24, 2.45) is 11.8 Å². The van der Waals surface area contributed by atoms with Crippen LogP contribution in [0.25, 0.3) is 0 Å². The van der Waals surface area contributed by atoms with Crippen molar-refractivity contribution >= 4 is 12.0 Å². The summed E-state index contributed by atoms with van der Waals surface area (Å²) >= 11 is 0. The van der Waals surface area contributed by atoms with Crippen molar-refractivity contribution in [3.05, 3.63) is 71.8 Å². The third-order valence-electron chi connectivity index (χ3n) is 6.98. The molecule has 2 amide bonds. The van der Waals surface area contributed by atoms with Crippen LogP contribution >= 0.6 is 0 Å². The first-order valence-electron chi connectivity index (χ1n) is 13.7. The predicted octanol–water partition coefficient (Wildman–Crippen LogP) is 5.43. The molecule has 1 fully saturated rings. The zero-order valence-corrected chi connectivity index (χ0v) is 22.6. The molecule has 1 aliphatic carbocycles. The lowest BCUT2D eigenvalue weighted by molar-refractivity contribution is -0.126. The maximum Gasteiger partial charge on any atom is 0.407 e. The van der Waals surface area contributed by atoms with Gasteiger partial charge in [0, 0.05) is 12.5 Å². The lowest BCUT2D eigenvalue weighted by atomic mass is 9.87. The Bertz CT molecular complexity index is 952. The third kappa shape index (κ3) is 10.6. The molecule has 0 spiro atoms. The lowest BCUT2D eigenvalue weighted by Crippen LogP contribution is -2.48. The second-order valence-electron chi connectivity index (χ2n) is 11.4.